The molecule has 1 atom stereocenters. The van der Waals surface area contributed by atoms with Crippen molar-refractivity contribution in [1.82, 2.24) is 5.32 Å². The minimum atomic E-state index is 0.743. The van der Waals surface area contributed by atoms with Crippen LogP contribution in [0.4, 0.5) is 5.69 Å². The number of thioether (sulfide) groups is 1. The van der Waals surface area contributed by atoms with Crippen LogP contribution in [0.3, 0.4) is 0 Å². The van der Waals surface area contributed by atoms with Crippen molar-refractivity contribution in [2.75, 3.05) is 18.0 Å². The van der Waals surface area contributed by atoms with Gasteiger partial charge < -0.3 is 11.1 Å². The van der Waals surface area contributed by atoms with Gasteiger partial charge in [-0.25, -0.2) is 0 Å². The molecule has 0 amide bonds. The summed E-state index contributed by atoms with van der Waals surface area (Å²) in [6.45, 7) is 1.19. The molecular weight excluding hydrogens is 252 g/mol. The minimum Gasteiger partial charge on any atom is -0.398 e. The van der Waals surface area contributed by atoms with Crippen LogP contribution in [0.25, 0.3) is 0 Å². The number of nitrogens with two attached hydrogens (primary N) is 1. The molecule has 2 nitrogen and oxygen atoms in total. The van der Waals surface area contributed by atoms with E-state index in [0.29, 0.717) is 0 Å². The Labute approximate surface area is 112 Å². The zero-order chi connectivity index (χ0) is 12.1. The molecule has 2 rings (SSSR count). The van der Waals surface area contributed by atoms with Gasteiger partial charge >= 0.3 is 0 Å². The van der Waals surface area contributed by atoms with E-state index in [0.717, 1.165) is 27.4 Å². The van der Waals surface area contributed by atoms with E-state index in [-0.39, 0.29) is 0 Å². The van der Waals surface area contributed by atoms with E-state index < -0.39 is 0 Å². The number of halogens is 1. The van der Waals surface area contributed by atoms with Crippen LogP contribution in [-0.4, -0.2) is 18.3 Å². The standard InChI is InChI=1S/C13H19ClN2S/c14-10-5-6-12(15)13(9-10)17-8-2-4-11-3-1-7-16-11/h5-6,9,11,16H,1-4,7-8,15H2. The first-order valence-corrected chi connectivity index (χ1v) is 7.53. The van der Waals surface area contributed by atoms with Crippen LogP contribution in [0.1, 0.15) is 25.7 Å². The van der Waals surface area contributed by atoms with Crippen LogP contribution >= 0.6 is 23.4 Å². The second kappa shape index (κ2) is 6.53. The van der Waals surface area contributed by atoms with Crippen molar-refractivity contribution in [3.8, 4) is 0 Å². The van der Waals surface area contributed by atoms with E-state index in [1.165, 1.54) is 32.2 Å². The number of nitrogen functional groups attached to an aromatic ring is 1. The molecule has 0 spiro atoms. The maximum atomic E-state index is 5.95. The highest BCUT2D eigenvalue weighted by atomic mass is 35.5. The highest BCUT2D eigenvalue weighted by Gasteiger charge is 2.13. The monoisotopic (exact) mass is 270 g/mol. The van der Waals surface area contributed by atoms with E-state index in [2.05, 4.69) is 5.32 Å². The highest BCUT2D eigenvalue weighted by molar-refractivity contribution is 7.99. The lowest BCUT2D eigenvalue weighted by atomic mass is 10.1. The van der Waals surface area contributed by atoms with Crippen LogP contribution in [0.5, 0.6) is 0 Å². The van der Waals surface area contributed by atoms with Gasteiger partial charge in [-0.15, -0.1) is 11.8 Å². The summed E-state index contributed by atoms with van der Waals surface area (Å²) in [5.41, 5.74) is 6.73. The van der Waals surface area contributed by atoms with Gasteiger partial charge in [0.1, 0.15) is 0 Å². The average molecular weight is 271 g/mol. The molecule has 1 unspecified atom stereocenters. The lowest BCUT2D eigenvalue weighted by Crippen LogP contribution is -2.20. The SMILES string of the molecule is Nc1ccc(Cl)cc1SCCCC1CCCN1. The average Bonchev–Trinajstić information content (AvgIpc) is 2.82. The molecule has 0 aliphatic carbocycles. The summed E-state index contributed by atoms with van der Waals surface area (Å²) in [6, 6.07) is 6.41. The summed E-state index contributed by atoms with van der Waals surface area (Å²) in [7, 11) is 0. The van der Waals surface area contributed by atoms with Gasteiger partial charge in [-0.3, -0.25) is 0 Å². The first kappa shape index (κ1) is 13.1. The van der Waals surface area contributed by atoms with Gasteiger partial charge in [0, 0.05) is 21.6 Å². The van der Waals surface area contributed by atoms with Crippen LogP contribution in [0.15, 0.2) is 23.1 Å². The Balaban J connectivity index is 1.72. The highest BCUT2D eigenvalue weighted by Crippen LogP contribution is 2.29. The smallest absolute Gasteiger partial charge is 0.0453 e. The summed E-state index contributed by atoms with van der Waals surface area (Å²) >= 11 is 7.76. The van der Waals surface area contributed by atoms with E-state index >= 15 is 0 Å². The largest absolute Gasteiger partial charge is 0.398 e. The number of rotatable bonds is 5. The third kappa shape index (κ3) is 4.09. The molecule has 94 valence electrons. The fraction of sp³-hybridized carbons (Fsp3) is 0.538. The van der Waals surface area contributed by atoms with Crippen LogP contribution in [0, 0.1) is 0 Å². The Hall–Kier alpha value is -0.380. The number of hydrogen-bond donors (Lipinski definition) is 2. The number of benzene rings is 1. The molecule has 1 aromatic carbocycles. The third-order valence-corrected chi connectivity index (χ3v) is 4.48. The molecule has 1 heterocycles. The maximum Gasteiger partial charge on any atom is 0.0453 e. The van der Waals surface area contributed by atoms with E-state index in [1.54, 1.807) is 0 Å². The van der Waals surface area contributed by atoms with Gasteiger partial charge in [0.15, 0.2) is 0 Å². The summed E-state index contributed by atoms with van der Waals surface area (Å²) in [5, 5.41) is 4.28. The Morgan fingerprint density at radius 2 is 2.35 bits per heavy atom. The minimum absolute atomic E-state index is 0.743. The Bertz CT molecular complexity index is 364. The lowest BCUT2D eigenvalue weighted by molar-refractivity contribution is 0.553. The molecule has 1 aliphatic rings. The molecule has 1 aromatic rings. The quantitative estimate of drug-likeness (QED) is 0.488. The van der Waals surface area contributed by atoms with Gasteiger partial charge in [-0.2, -0.15) is 0 Å². The molecule has 1 saturated heterocycles. The fourth-order valence-corrected chi connectivity index (χ4v) is 3.36. The van der Waals surface area contributed by atoms with E-state index in [1.807, 2.05) is 30.0 Å². The fourth-order valence-electron chi connectivity index (χ4n) is 2.15. The Morgan fingerprint density at radius 3 is 3.12 bits per heavy atom. The zero-order valence-corrected chi connectivity index (χ0v) is 11.5. The van der Waals surface area contributed by atoms with Crippen molar-refractivity contribution in [2.24, 2.45) is 0 Å². The Morgan fingerprint density at radius 1 is 1.47 bits per heavy atom. The Kier molecular flexibility index (Phi) is 5.01. The van der Waals surface area contributed by atoms with Gasteiger partial charge in [0.05, 0.1) is 0 Å². The van der Waals surface area contributed by atoms with Crippen molar-refractivity contribution < 1.29 is 0 Å². The zero-order valence-electron chi connectivity index (χ0n) is 9.92. The molecule has 0 saturated carbocycles. The number of anilines is 1. The van der Waals surface area contributed by atoms with Gasteiger partial charge in [0.2, 0.25) is 0 Å². The molecule has 4 heteroatoms. The predicted molar refractivity (Wildman–Crippen MR) is 76.8 cm³/mol. The third-order valence-electron chi connectivity index (χ3n) is 3.09. The number of hydrogen-bond acceptors (Lipinski definition) is 3. The van der Waals surface area contributed by atoms with Crippen LogP contribution in [-0.2, 0) is 0 Å². The summed E-state index contributed by atoms with van der Waals surface area (Å²) < 4.78 is 0. The van der Waals surface area contributed by atoms with Crippen molar-refractivity contribution in [2.45, 2.75) is 36.6 Å². The second-order valence-electron chi connectivity index (χ2n) is 4.47. The molecular formula is C13H19ClN2S. The molecule has 0 aromatic heterocycles. The van der Waals surface area contributed by atoms with Crippen LogP contribution < -0.4 is 11.1 Å². The number of nitrogens with one attached hydrogen (secondary N) is 1. The lowest BCUT2D eigenvalue weighted by Gasteiger charge is -2.10. The van der Waals surface area contributed by atoms with Crippen molar-refractivity contribution in [1.29, 1.82) is 0 Å². The first-order chi connectivity index (χ1) is 8.25. The van der Waals surface area contributed by atoms with Gasteiger partial charge in [-0.05, 0) is 56.2 Å². The second-order valence-corrected chi connectivity index (χ2v) is 6.04. The summed E-state index contributed by atoms with van der Waals surface area (Å²) in [4.78, 5) is 1.11. The van der Waals surface area contributed by atoms with E-state index in [4.69, 9.17) is 17.3 Å². The molecule has 1 fully saturated rings. The van der Waals surface area contributed by atoms with Crippen molar-refractivity contribution in [3.05, 3.63) is 23.2 Å². The predicted octanol–water partition coefficient (Wildman–Crippen LogP) is 3.55. The first-order valence-electron chi connectivity index (χ1n) is 6.17. The molecule has 1 aliphatic heterocycles. The molecule has 0 radical (unpaired) electrons. The topological polar surface area (TPSA) is 38.0 Å². The van der Waals surface area contributed by atoms with Gasteiger partial charge in [0.25, 0.3) is 0 Å². The van der Waals surface area contributed by atoms with Gasteiger partial charge in [-0.1, -0.05) is 11.6 Å². The molecule has 3 N–H and O–H groups in total. The maximum absolute atomic E-state index is 5.95. The van der Waals surface area contributed by atoms with Crippen molar-refractivity contribution >= 4 is 29.1 Å². The molecule has 0 bridgehead atoms. The normalized spacial score (nSPS) is 19.7. The summed E-state index contributed by atoms with van der Waals surface area (Å²) in [5.74, 6) is 1.11. The van der Waals surface area contributed by atoms with Crippen molar-refractivity contribution in [3.63, 3.8) is 0 Å². The van der Waals surface area contributed by atoms with E-state index in [9.17, 15) is 0 Å². The van der Waals surface area contributed by atoms with Crippen LogP contribution in [0.2, 0.25) is 5.02 Å². The summed E-state index contributed by atoms with van der Waals surface area (Å²) in [6.07, 6.45) is 5.17. The molecule has 17 heavy (non-hydrogen) atoms.